The summed E-state index contributed by atoms with van der Waals surface area (Å²) in [6.07, 6.45) is -0.322. The summed E-state index contributed by atoms with van der Waals surface area (Å²) in [4.78, 5) is 11.0. The first kappa shape index (κ1) is 12.6. The average molecular weight is 268 g/mol. The molecule has 0 saturated carbocycles. The van der Waals surface area contributed by atoms with Gasteiger partial charge in [-0.2, -0.15) is 0 Å². The number of benzene rings is 1. The van der Waals surface area contributed by atoms with Gasteiger partial charge in [-0.15, -0.1) is 11.6 Å². The molecule has 0 bridgehead atoms. The fourth-order valence-electron chi connectivity index (χ4n) is 0.995. The molecule has 1 aromatic rings. The van der Waals surface area contributed by atoms with E-state index >= 15 is 0 Å². The van der Waals surface area contributed by atoms with Gasteiger partial charge in [-0.1, -0.05) is 11.6 Å². The molecule has 0 spiro atoms. The molecule has 0 aromatic heterocycles. The second kappa shape index (κ2) is 6.21. The number of carbonyl (C=O) groups is 1. The summed E-state index contributed by atoms with van der Waals surface area (Å²) >= 11 is 16.6. The molecule has 5 heteroatoms. The molecule has 0 amide bonds. The molecule has 2 nitrogen and oxygen atoms in total. The highest BCUT2D eigenvalue weighted by molar-refractivity contribution is 6.64. The van der Waals surface area contributed by atoms with Gasteiger partial charge in [0.05, 0.1) is 0 Å². The van der Waals surface area contributed by atoms with E-state index in [0.717, 1.165) is 0 Å². The number of alkyl halides is 1. The Hall–Kier alpha value is -0.440. The molecule has 0 aliphatic carbocycles. The molecule has 0 saturated heterocycles. The zero-order chi connectivity index (χ0) is 11.3. The molecule has 0 aliphatic heterocycles. The van der Waals surface area contributed by atoms with Crippen LogP contribution in [0.2, 0.25) is 5.02 Å². The van der Waals surface area contributed by atoms with E-state index in [9.17, 15) is 4.79 Å². The molecule has 1 rings (SSSR count). The van der Waals surface area contributed by atoms with Gasteiger partial charge in [-0.3, -0.25) is 4.79 Å². The van der Waals surface area contributed by atoms with Crippen molar-refractivity contribution >= 4 is 40.0 Å². The van der Waals surface area contributed by atoms with Crippen molar-refractivity contribution in [3.63, 3.8) is 0 Å². The van der Waals surface area contributed by atoms with E-state index in [0.29, 0.717) is 23.1 Å². The van der Waals surface area contributed by atoms with Gasteiger partial charge in [0.1, 0.15) is 5.75 Å². The molecular weight excluding hydrogens is 258 g/mol. The lowest BCUT2D eigenvalue weighted by Gasteiger charge is -2.13. The average Bonchev–Trinajstić information content (AvgIpc) is 2.20. The van der Waals surface area contributed by atoms with Crippen LogP contribution in [-0.4, -0.2) is 17.2 Å². The number of halogens is 3. The molecule has 0 aliphatic rings. The van der Waals surface area contributed by atoms with Crippen molar-refractivity contribution < 1.29 is 9.53 Å². The fraction of sp³-hybridized carbons (Fsp3) is 0.300. The maximum absolute atomic E-state index is 11.0. The number of hydrogen-bond acceptors (Lipinski definition) is 2. The molecule has 0 heterocycles. The van der Waals surface area contributed by atoms with Crippen molar-refractivity contribution in [3.8, 4) is 5.75 Å². The van der Waals surface area contributed by atoms with Crippen LogP contribution in [0.1, 0.15) is 6.42 Å². The minimum atomic E-state index is -0.703. The monoisotopic (exact) mass is 266 g/mol. The largest absolute Gasteiger partial charge is 0.481 e. The minimum absolute atomic E-state index is 0.316. The predicted molar refractivity (Wildman–Crippen MR) is 62.1 cm³/mol. The fourth-order valence-corrected chi connectivity index (χ4v) is 1.47. The maximum Gasteiger partial charge on any atom is 0.262 e. The summed E-state index contributed by atoms with van der Waals surface area (Å²) in [5.41, 5.74) is 0. The third-order valence-corrected chi connectivity index (χ3v) is 2.43. The van der Waals surface area contributed by atoms with Gasteiger partial charge in [-0.05, 0) is 35.9 Å². The van der Waals surface area contributed by atoms with Gasteiger partial charge < -0.3 is 4.74 Å². The summed E-state index contributed by atoms with van der Waals surface area (Å²) in [6, 6.07) is 6.69. The van der Waals surface area contributed by atoms with E-state index in [4.69, 9.17) is 39.5 Å². The van der Waals surface area contributed by atoms with Crippen LogP contribution in [0.5, 0.6) is 5.75 Å². The van der Waals surface area contributed by atoms with Gasteiger partial charge in [0.25, 0.3) is 5.24 Å². The highest BCUT2D eigenvalue weighted by Gasteiger charge is 2.17. The van der Waals surface area contributed by atoms with Crippen molar-refractivity contribution in [1.82, 2.24) is 0 Å². The van der Waals surface area contributed by atoms with Gasteiger partial charge >= 0.3 is 0 Å². The van der Waals surface area contributed by atoms with Crippen molar-refractivity contribution in [2.45, 2.75) is 12.5 Å². The van der Waals surface area contributed by atoms with Crippen LogP contribution in [0.3, 0.4) is 0 Å². The Kier molecular flexibility index (Phi) is 5.23. The van der Waals surface area contributed by atoms with Crippen LogP contribution in [0.25, 0.3) is 0 Å². The van der Waals surface area contributed by atoms with Crippen LogP contribution in [-0.2, 0) is 4.79 Å². The number of rotatable bonds is 5. The normalized spacial score (nSPS) is 12.2. The van der Waals surface area contributed by atoms with E-state index in [1.54, 1.807) is 24.3 Å². The lowest BCUT2D eigenvalue weighted by Crippen LogP contribution is -2.23. The van der Waals surface area contributed by atoms with Crippen molar-refractivity contribution in [2.75, 3.05) is 5.88 Å². The Bertz CT molecular complexity index is 324. The highest BCUT2D eigenvalue weighted by atomic mass is 35.5. The second-order valence-corrected chi connectivity index (χ2v) is 4.03. The molecular formula is C10H9Cl3O2. The third kappa shape index (κ3) is 4.29. The topological polar surface area (TPSA) is 26.3 Å². The summed E-state index contributed by atoms with van der Waals surface area (Å²) in [7, 11) is 0. The van der Waals surface area contributed by atoms with Gasteiger partial charge in [0.2, 0.25) is 0 Å². The number of ether oxygens (including phenoxy) is 1. The highest BCUT2D eigenvalue weighted by Crippen LogP contribution is 2.18. The van der Waals surface area contributed by atoms with E-state index in [1.807, 2.05) is 0 Å². The molecule has 1 atom stereocenters. The summed E-state index contributed by atoms with van der Waals surface area (Å²) < 4.78 is 5.35. The first-order valence-corrected chi connectivity index (χ1v) is 5.60. The van der Waals surface area contributed by atoms with Gasteiger partial charge in [0, 0.05) is 17.3 Å². The molecule has 82 valence electrons. The molecule has 1 unspecified atom stereocenters. The third-order valence-electron chi connectivity index (χ3n) is 1.72. The van der Waals surface area contributed by atoms with Crippen molar-refractivity contribution in [3.05, 3.63) is 29.3 Å². The predicted octanol–water partition coefficient (Wildman–Crippen LogP) is 3.48. The second-order valence-electron chi connectivity index (χ2n) is 2.84. The van der Waals surface area contributed by atoms with Gasteiger partial charge in [0.15, 0.2) is 6.10 Å². The van der Waals surface area contributed by atoms with Crippen LogP contribution in [0.15, 0.2) is 24.3 Å². The molecule has 0 fully saturated rings. The minimum Gasteiger partial charge on any atom is -0.481 e. The summed E-state index contributed by atoms with van der Waals surface area (Å²) in [6.45, 7) is 0. The first-order chi connectivity index (χ1) is 7.13. The van der Waals surface area contributed by atoms with Crippen molar-refractivity contribution in [2.24, 2.45) is 0 Å². The van der Waals surface area contributed by atoms with Gasteiger partial charge in [-0.25, -0.2) is 0 Å². The Balaban J connectivity index is 2.65. The van der Waals surface area contributed by atoms with E-state index in [2.05, 4.69) is 0 Å². The van der Waals surface area contributed by atoms with Crippen LogP contribution in [0.4, 0.5) is 0 Å². The smallest absolute Gasteiger partial charge is 0.262 e. The number of carbonyl (C=O) groups excluding carboxylic acids is 1. The van der Waals surface area contributed by atoms with Crippen molar-refractivity contribution in [1.29, 1.82) is 0 Å². The van der Waals surface area contributed by atoms with E-state index in [1.165, 1.54) is 0 Å². The molecule has 0 N–H and O–H groups in total. The SMILES string of the molecule is O=C(Cl)C(CCCl)Oc1ccc(Cl)cc1. The Morgan fingerprint density at radius 3 is 2.40 bits per heavy atom. The zero-order valence-electron chi connectivity index (χ0n) is 7.75. The van der Waals surface area contributed by atoms with E-state index in [-0.39, 0.29) is 0 Å². The standard InChI is InChI=1S/C10H9Cl3O2/c11-6-5-9(10(13)14)15-8-3-1-7(12)2-4-8/h1-4,9H,5-6H2. The summed E-state index contributed by atoms with van der Waals surface area (Å²) in [5.74, 6) is 0.861. The van der Waals surface area contributed by atoms with Crippen LogP contribution < -0.4 is 4.74 Å². The Morgan fingerprint density at radius 2 is 1.93 bits per heavy atom. The number of hydrogen-bond donors (Lipinski definition) is 0. The summed E-state index contributed by atoms with van der Waals surface area (Å²) in [5, 5.41) is 0.0547. The van der Waals surface area contributed by atoms with Crippen LogP contribution in [0, 0.1) is 0 Å². The quantitative estimate of drug-likeness (QED) is 0.603. The van der Waals surface area contributed by atoms with Crippen LogP contribution >= 0.6 is 34.8 Å². The molecule has 15 heavy (non-hydrogen) atoms. The zero-order valence-corrected chi connectivity index (χ0v) is 10.0. The molecule has 1 aromatic carbocycles. The maximum atomic E-state index is 11.0. The van der Waals surface area contributed by atoms with E-state index < -0.39 is 11.3 Å². The Morgan fingerprint density at radius 1 is 1.33 bits per heavy atom. The Labute approximate surface area is 103 Å². The molecule has 0 radical (unpaired) electrons. The lowest BCUT2D eigenvalue weighted by molar-refractivity contribution is -0.117. The first-order valence-electron chi connectivity index (χ1n) is 4.31. The lowest BCUT2D eigenvalue weighted by atomic mass is 10.3.